The Kier molecular flexibility index (Phi) is 6.52. The molecule has 0 N–H and O–H groups in total. The standard InChI is InChI=1S/C41H26N4OS.Pt/c1-41(2)32-18-15-26(46-25-14-16-27-28-9-3-5-11-33(28)44-22-21-43-40(44)31(27)23-25)24-35(32)45(37-13-7-8-20-42-37)34-19-17-30-29-10-4-6-12-36(29)47-39(30)38(34)41;/h3-22H,1-2H3;/q-2;+2. The van der Waals surface area contributed by atoms with Crippen molar-refractivity contribution < 1.29 is 25.8 Å². The molecule has 0 radical (unpaired) electrons. The minimum absolute atomic E-state index is 0. The molecule has 0 saturated heterocycles. The zero-order valence-electron chi connectivity index (χ0n) is 26.0. The number of imidazole rings is 1. The summed E-state index contributed by atoms with van der Waals surface area (Å²) >= 11 is 1.87. The Hall–Kier alpha value is -5.03. The fourth-order valence-corrected chi connectivity index (χ4v) is 8.80. The van der Waals surface area contributed by atoms with Gasteiger partial charge in [0.1, 0.15) is 5.82 Å². The molecule has 9 aromatic rings. The summed E-state index contributed by atoms with van der Waals surface area (Å²) in [5.41, 5.74) is 6.18. The first kappa shape index (κ1) is 29.1. The van der Waals surface area contributed by atoms with Crippen LogP contribution < -0.4 is 9.64 Å². The largest absolute Gasteiger partial charge is 2.00 e. The van der Waals surface area contributed by atoms with Gasteiger partial charge in [-0.05, 0) is 46.7 Å². The summed E-state index contributed by atoms with van der Waals surface area (Å²) in [5, 5.41) is 5.74. The average molecular weight is 818 g/mol. The maximum absolute atomic E-state index is 6.55. The number of hydrogen-bond donors (Lipinski definition) is 0. The van der Waals surface area contributed by atoms with E-state index in [0.29, 0.717) is 11.5 Å². The van der Waals surface area contributed by atoms with Gasteiger partial charge in [0.05, 0.1) is 5.65 Å². The van der Waals surface area contributed by atoms with Gasteiger partial charge in [0.2, 0.25) is 0 Å². The number of ether oxygens (including phenoxy) is 1. The second-order valence-electron chi connectivity index (χ2n) is 12.5. The molecule has 10 rings (SSSR count). The van der Waals surface area contributed by atoms with E-state index in [2.05, 4.69) is 119 Å². The maximum Gasteiger partial charge on any atom is 2.00 e. The molecule has 0 amide bonds. The molecule has 232 valence electrons. The molecule has 5 nitrogen and oxygen atoms in total. The molecule has 7 heteroatoms. The molecular formula is C41H26N4OPtS. The molecular weight excluding hydrogens is 792 g/mol. The summed E-state index contributed by atoms with van der Waals surface area (Å²) in [6.45, 7) is 4.63. The second-order valence-corrected chi connectivity index (χ2v) is 13.6. The van der Waals surface area contributed by atoms with Crippen molar-refractivity contribution in [2.45, 2.75) is 19.3 Å². The molecule has 1 aliphatic heterocycles. The Labute approximate surface area is 295 Å². The van der Waals surface area contributed by atoms with Crippen LogP contribution in [-0.4, -0.2) is 14.4 Å². The van der Waals surface area contributed by atoms with Crippen molar-refractivity contribution in [3.63, 3.8) is 0 Å². The van der Waals surface area contributed by atoms with Crippen molar-refractivity contribution in [1.82, 2.24) is 14.4 Å². The van der Waals surface area contributed by atoms with Gasteiger partial charge in [0.25, 0.3) is 0 Å². The molecule has 4 aromatic heterocycles. The van der Waals surface area contributed by atoms with Gasteiger partial charge < -0.3 is 14.0 Å². The molecule has 0 fully saturated rings. The molecule has 5 aromatic carbocycles. The molecule has 5 heterocycles. The fraction of sp³-hybridized carbons (Fsp3) is 0.0732. The number of nitrogens with zero attached hydrogens (tertiary/aromatic N) is 4. The number of thiophene rings is 1. The van der Waals surface area contributed by atoms with E-state index in [0.717, 1.165) is 44.5 Å². The smallest absolute Gasteiger partial charge is 0.503 e. The van der Waals surface area contributed by atoms with E-state index in [9.17, 15) is 0 Å². The van der Waals surface area contributed by atoms with Gasteiger partial charge in [-0.15, -0.1) is 41.2 Å². The number of benzene rings is 5. The van der Waals surface area contributed by atoms with E-state index in [-0.39, 0.29) is 26.5 Å². The van der Waals surface area contributed by atoms with Crippen LogP contribution in [0.15, 0.2) is 122 Å². The monoisotopic (exact) mass is 817 g/mol. The van der Waals surface area contributed by atoms with Crippen LogP contribution in [0, 0.1) is 12.1 Å². The van der Waals surface area contributed by atoms with E-state index in [4.69, 9.17) is 9.72 Å². The number of para-hydroxylation sites is 1. The zero-order chi connectivity index (χ0) is 31.3. The van der Waals surface area contributed by atoms with Gasteiger partial charge in [-0.2, -0.15) is 6.07 Å². The summed E-state index contributed by atoms with van der Waals surface area (Å²) in [7, 11) is 0. The molecule has 48 heavy (non-hydrogen) atoms. The number of aromatic nitrogens is 3. The molecule has 0 bridgehead atoms. The van der Waals surface area contributed by atoms with Crippen molar-refractivity contribution >= 4 is 76.0 Å². The zero-order valence-corrected chi connectivity index (χ0v) is 29.1. The first-order chi connectivity index (χ1) is 23.1. The van der Waals surface area contributed by atoms with Gasteiger partial charge in [-0.3, -0.25) is 4.98 Å². The van der Waals surface area contributed by atoms with Crippen LogP contribution in [-0.2, 0) is 26.5 Å². The predicted octanol–water partition coefficient (Wildman–Crippen LogP) is 10.9. The first-order valence-electron chi connectivity index (χ1n) is 15.7. The average Bonchev–Trinajstić information content (AvgIpc) is 3.74. The topological polar surface area (TPSA) is 42.7 Å². The van der Waals surface area contributed by atoms with Crippen LogP contribution in [0.5, 0.6) is 11.5 Å². The number of anilines is 3. The molecule has 0 spiro atoms. The predicted molar refractivity (Wildman–Crippen MR) is 192 cm³/mol. The van der Waals surface area contributed by atoms with Crippen LogP contribution in [0.4, 0.5) is 17.2 Å². The molecule has 0 unspecified atom stereocenters. The minimum atomic E-state index is -0.298. The number of hydrogen-bond acceptors (Lipinski definition) is 5. The Morgan fingerprint density at radius 3 is 2.35 bits per heavy atom. The van der Waals surface area contributed by atoms with Crippen molar-refractivity contribution in [3.8, 4) is 11.5 Å². The van der Waals surface area contributed by atoms with E-state index in [1.807, 2.05) is 54.2 Å². The van der Waals surface area contributed by atoms with Crippen molar-refractivity contribution in [2.24, 2.45) is 0 Å². The Bertz CT molecular complexity index is 2710. The van der Waals surface area contributed by atoms with E-state index in [1.54, 1.807) is 0 Å². The van der Waals surface area contributed by atoms with Crippen LogP contribution in [0.25, 0.3) is 47.5 Å². The van der Waals surface area contributed by atoms with Crippen molar-refractivity contribution in [2.75, 3.05) is 4.90 Å². The SMILES string of the molecule is CC1(C)c2ccc(Oc3[c-]c4c(cc3)c3ccccc3n3ccnc43)[c-]c2N(c2ccccn2)c2ccc3c(sc4ccccc43)c21.[Pt+2]. The Morgan fingerprint density at radius 2 is 1.48 bits per heavy atom. The quantitative estimate of drug-likeness (QED) is 0.132. The summed E-state index contributed by atoms with van der Waals surface area (Å²) < 4.78 is 11.3. The van der Waals surface area contributed by atoms with Gasteiger partial charge in [-0.1, -0.05) is 84.9 Å². The maximum atomic E-state index is 6.55. The minimum Gasteiger partial charge on any atom is -0.503 e. The summed E-state index contributed by atoms with van der Waals surface area (Å²) in [6, 6.07) is 43.1. The molecule has 1 aliphatic rings. The van der Waals surface area contributed by atoms with Crippen molar-refractivity contribution in [3.05, 3.63) is 145 Å². The third-order valence-electron chi connectivity index (χ3n) is 9.52. The normalized spacial score (nSPS) is 13.6. The second kappa shape index (κ2) is 10.7. The summed E-state index contributed by atoms with van der Waals surface area (Å²) in [5.74, 6) is 2.06. The Morgan fingerprint density at radius 1 is 0.708 bits per heavy atom. The van der Waals surface area contributed by atoms with Gasteiger partial charge in [-0.25, -0.2) is 4.98 Å². The van der Waals surface area contributed by atoms with Crippen LogP contribution in [0.2, 0.25) is 0 Å². The number of pyridine rings is 2. The van der Waals surface area contributed by atoms with E-state index >= 15 is 0 Å². The number of fused-ring (bicyclic) bond motifs is 12. The van der Waals surface area contributed by atoms with Gasteiger partial charge >= 0.3 is 21.1 Å². The van der Waals surface area contributed by atoms with E-state index < -0.39 is 0 Å². The molecule has 0 saturated carbocycles. The van der Waals surface area contributed by atoms with Gasteiger partial charge in [0.15, 0.2) is 0 Å². The van der Waals surface area contributed by atoms with Crippen LogP contribution in [0.3, 0.4) is 0 Å². The van der Waals surface area contributed by atoms with E-state index in [1.165, 1.54) is 31.3 Å². The molecule has 0 atom stereocenters. The Balaban J connectivity index is 0.00000314. The van der Waals surface area contributed by atoms with Crippen LogP contribution in [0.1, 0.15) is 25.0 Å². The van der Waals surface area contributed by atoms with Gasteiger partial charge in [0, 0.05) is 61.5 Å². The summed E-state index contributed by atoms with van der Waals surface area (Å²) in [4.78, 5) is 11.7. The van der Waals surface area contributed by atoms with Crippen LogP contribution >= 0.6 is 11.3 Å². The third kappa shape index (κ3) is 4.12. The van der Waals surface area contributed by atoms with Crippen molar-refractivity contribution in [1.29, 1.82) is 0 Å². The number of rotatable bonds is 3. The fourth-order valence-electron chi connectivity index (χ4n) is 7.40. The third-order valence-corrected chi connectivity index (χ3v) is 10.7. The first-order valence-corrected chi connectivity index (χ1v) is 16.5. The molecule has 0 aliphatic carbocycles. The summed E-state index contributed by atoms with van der Waals surface area (Å²) in [6.07, 6.45) is 5.67.